The van der Waals surface area contributed by atoms with Gasteiger partial charge >= 0.3 is 12.8 Å². The quantitative estimate of drug-likeness (QED) is 0.0474. The highest BCUT2D eigenvalue weighted by Crippen LogP contribution is 2.65. The predicted molar refractivity (Wildman–Crippen MR) is 311 cm³/mol. The molecule has 13 rings (SSSR count). The smallest absolute Gasteiger partial charge is 0.389 e. The molecule has 87 heavy (non-hydrogen) atoms. The molecule has 0 spiro atoms. The maximum atomic E-state index is 17.0. The standard InChI is InChI=1S/C55H51BF2N14O12P2S/c1-2-7-40(73)69-22-32-8-3-4-9-35(32)46-43(36-10-5-6-11-37(36)69)67-68-72(46)20-21-77-33-18-14-31(15-19-33)55(74)80-34-16-12-30(13-17-34)25-87-86(76)79-24-39-47(41(57)53(82-39)70-28-65-44-49(59)61-26-63-51(44)70)83-85(56,75)78-23-38-48(84-86)42(58)54(81-38)71-29-66-45-50(60)62-27-64-52(45)71/h3-6,8-19,26-29,38-39,41-42,47-48,53-54H,2,7,20-25H2,1H3,(H2,59,61,63)(H2,60,62,64)/q-1/t38-,39-,41-,42-,47-,48-,53-,54-,85+,86+/m1/s1. The molecule has 4 aliphatic heterocycles. The van der Waals surface area contributed by atoms with Crippen molar-refractivity contribution in [3.8, 4) is 34.0 Å². The number of para-hydroxylation sites is 1. The molecule has 3 saturated heterocycles. The number of amides is 1. The van der Waals surface area contributed by atoms with E-state index in [9.17, 15) is 14.2 Å². The molecule has 3 fully saturated rings. The Bertz CT molecular complexity index is 4170. The Morgan fingerprint density at radius 3 is 2.02 bits per heavy atom. The summed E-state index contributed by atoms with van der Waals surface area (Å²) >= 11 is 0.659. The fourth-order valence-electron chi connectivity index (χ4n) is 10.7. The number of nitrogens with zero attached hydrogens (tertiary/aromatic N) is 12. The lowest BCUT2D eigenvalue weighted by Crippen LogP contribution is -2.37. The Hall–Kier alpha value is -8.05. The van der Waals surface area contributed by atoms with Crippen LogP contribution in [0, 0.1) is 0 Å². The van der Waals surface area contributed by atoms with Crippen molar-refractivity contribution in [1.29, 1.82) is 0 Å². The zero-order chi connectivity index (χ0) is 60.1. The first kappa shape index (κ1) is 58.0. The van der Waals surface area contributed by atoms with E-state index < -0.39 is 82.7 Å². The van der Waals surface area contributed by atoms with Crippen LogP contribution in [0.5, 0.6) is 11.5 Å². The van der Waals surface area contributed by atoms with E-state index in [1.807, 2.05) is 60.4 Å². The molecule has 26 nitrogen and oxygen atoms in total. The molecule has 4 N–H and O–H groups in total. The number of ether oxygens (including phenoxy) is 4. The van der Waals surface area contributed by atoms with Crippen LogP contribution in [-0.2, 0) is 60.3 Å². The van der Waals surface area contributed by atoms with E-state index in [1.54, 1.807) is 41.1 Å². The number of fused-ring (bicyclic) bond motifs is 9. The minimum absolute atomic E-state index is 0.00883. The van der Waals surface area contributed by atoms with Gasteiger partial charge in [-0.3, -0.25) is 23.0 Å². The van der Waals surface area contributed by atoms with E-state index in [4.69, 9.17) is 56.1 Å². The fourth-order valence-corrected chi connectivity index (χ4v) is 15.1. The molecule has 0 unspecified atom stereocenters. The van der Waals surface area contributed by atoms with Crippen LogP contribution in [0.1, 0.15) is 53.7 Å². The number of aromatic nitrogens is 11. The molecule has 9 aromatic rings. The number of nitrogen functional groups attached to an aromatic ring is 2. The lowest BCUT2D eigenvalue weighted by atomic mass is 9.95. The van der Waals surface area contributed by atoms with Gasteiger partial charge in [0, 0.05) is 23.3 Å². The van der Waals surface area contributed by atoms with Crippen molar-refractivity contribution in [1.82, 2.24) is 54.0 Å². The van der Waals surface area contributed by atoms with Crippen molar-refractivity contribution in [3.63, 3.8) is 0 Å². The van der Waals surface area contributed by atoms with E-state index >= 15 is 13.3 Å². The summed E-state index contributed by atoms with van der Waals surface area (Å²) in [6, 6.07) is 28.4. The number of imidazole rings is 2. The number of carbonyl (C=O) groups is 2. The normalized spacial score (nSPS) is 25.4. The van der Waals surface area contributed by atoms with Gasteiger partial charge in [-0.2, -0.15) is 0 Å². The number of benzene rings is 4. The summed E-state index contributed by atoms with van der Waals surface area (Å²) < 4.78 is 114. The molecule has 4 aromatic carbocycles. The number of rotatable bonds is 13. The number of alkyl halides is 2. The first-order valence-electron chi connectivity index (χ1n) is 27.3. The summed E-state index contributed by atoms with van der Waals surface area (Å²) in [4.78, 5) is 53.3. The minimum atomic E-state index is -4.73. The van der Waals surface area contributed by atoms with Crippen LogP contribution < -0.4 is 25.8 Å². The van der Waals surface area contributed by atoms with Gasteiger partial charge in [-0.1, -0.05) is 66.7 Å². The summed E-state index contributed by atoms with van der Waals surface area (Å²) in [5, 5.41) is 9.17. The second-order valence-corrected chi connectivity index (χ2v) is 26.1. The highest BCUT2D eigenvalue weighted by Gasteiger charge is 2.54. The Morgan fingerprint density at radius 1 is 0.747 bits per heavy atom. The number of halogens is 2. The Balaban J connectivity index is 0.684. The van der Waals surface area contributed by atoms with Crippen molar-refractivity contribution in [2.75, 3.05) is 36.2 Å². The Labute approximate surface area is 498 Å². The van der Waals surface area contributed by atoms with Gasteiger partial charge in [-0.05, 0) is 71.4 Å². The second kappa shape index (κ2) is 23.9. The number of hydrogen-bond donors (Lipinski definition) is 2. The van der Waals surface area contributed by atoms with Crippen molar-refractivity contribution >= 4 is 84.7 Å². The monoisotopic (exact) mass is 1240 g/mol. The molecule has 0 saturated carbocycles. The third kappa shape index (κ3) is 11.5. The minimum Gasteiger partial charge on any atom is -0.492 e. The zero-order valence-electron chi connectivity index (χ0n) is 45.9. The van der Waals surface area contributed by atoms with E-state index in [0.29, 0.717) is 47.9 Å². The molecule has 9 heterocycles. The maximum absolute atomic E-state index is 17.0. The largest absolute Gasteiger partial charge is 0.492 e. The number of anilines is 3. The third-order valence-electron chi connectivity index (χ3n) is 14.9. The van der Waals surface area contributed by atoms with E-state index in [1.165, 1.54) is 33.9 Å². The highest BCUT2D eigenvalue weighted by atomic mass is 32.7. The maximum Gasteiger partial charge on any atom is 0.389 e. The summed E-state index contributed by atoms with van der Waals surface area (Å²) in [6.07, 6.45) is -8.05. The van der Waals surface area contributed by atoms with Crippen LogP contribution in [0.3, 0.4) is 0 Å². The van der Waals surface area contributed by atoms with Gasteiger partial charge in [0.1, 0.15) is 71.9 Å². The Kier molecular flexibility index (Phi) is 15.9. The van der Waals surface area contributed by atoms with Crippen LogP contribution in [0.4, 0.5) is 26.1 Å². The average Bonchev–Trinajstić information content (AvgIpc) is 1.77. The first-order valence-corrected chi connectivity index (χ1v) is 32.1. The molecule has 4 aliphatic rings. The number of esters is 1. The number of nitrogens with two attached hydrogens (primary N) is 2. The van der Waals surface area contributed by atoms with Gasteiger partial charge < -0.3 is 56.5 Å². The van der Waals surface area contributed by atoms with E-state index in [0.717, 1.165) is 47.1 Å². The van der Waals surface area contributed by atoms with Gasteiger partial charge in [0.05, 0.1) is 63.4 Å². The molecule has 10 atom stereocenters. The summed E-state index contributed by atoms with van der Waals surface area (Å²) in [6.45, 7) is -3.21. The van der Waals surface area contributed by atoms with Gasteiger partial charge in [0.25, 0.3) is 0 Å². The van der Waals surface area contributed by atoms with Gasteiger partial charge in [0.2, 0.25) is 5.91 Å². The molecule has 0 bridgehead atoms. The molecule has 0 aliphatic carbocycles. The lowest BCUT2D eigenvalue weighted by molar-refractivity contribution is -0.118. The molecular formula is C55H51BF2N14O12P2S-. The van der Waals surface area contributed by atoms with Crippen LogP contribution in [0.25, 0.3) is 44.8 Å². The van der Waals surface area contributed by atoms with Gasteiger partial charge in [-0.25, -0.2) is 52.7 Å². The number of hydrogen-bond acceptors (Lipinski definition) is 23. The van der Waals surface area contributed by atoms with Crippen molar-refractivity contribution in [2.45, 2.75) is 87.8 Å². The molecular weight excluding hydrogens is 1190 g/mol. The molecule has 32 heteroatoms. The zero-order valence-corrected chi connectivity index (χ0v) is 48.5. The van der Waals surface area contributed by atoms with Crippen LogP contribution in [0.15, 0.2) is 122 Å². The summed E-state index contributed by atoms with van der Waals surface area (Å²) in [5.41, 5.74) is 18.1. The first-order chi connectivity index (χ1) is 42.1. The summed E-state index contributed by atoms with van der Waals surface area (Å²) in [7, 11) is 1.33. The van der Waals surface area contributed by atoms with Gasteiger partial charge in [-0.15, -0.1) is 5.10 Å². The fraction of sp³-hybridized carbons (Fsp3) is 0.309. The van der Waals surface area contributed by atoms with Crippen LogP contribution >= 0.6 is 25.7 Å². The number of carbonyl (C=O) groups excluding carboxylic acids is 2. The predicted octanol–water partition coefficient (Wildman–Crippen LogP) is 8.31. The van der Waals surface area contributed by atoms with Crippen LogP contribution in [0.2, 0.25) is 0 Å². The van der Waals surface area contributed by atoms with Crippen molar-refractivity contribution < 1.29 is 64.5 Å². The Morgan fingerprint density at radius 2 is 1.36 bits per heavy atom. The topological polar surface area (TPSA) is 315 Å². The second-order valence-electron chi connectivity index (χ2n) is 20.5. The molecule has 3 radical (unpaired) electrons. The lowest BCUT2D eigenvalue weighted by Gasteiger charge is -2.35. The highest BCUT2D eigenvalue weighted by molar-refractivity contribution is 8.54. The van der Waals surface area contributed by atoms with E-state index in [2.05, 4.69) is 40.2 Å². The third-order valence-corrected chi connectivity index (χ3v) is 19.6. The molecule has 5 aromatic heterocycles. The van der Waals surface area contributed by atoms with Gasteiger partial charge in [0.15, 0.2) is 47.7 Å². The summed E-state index contributed by atoms with van der Waals surface area (Å²) in [5.74, 6) is -0.0327. The molecule has 447 valence electrons. The molecule has 1 amide bonds. The van der Waals surface area contributed by atoms with Crippen molar-refractivity contribution in [3.05, 3.63) is 139 Å². The van der Waals surface area contributed by atoms with Crippen LogP contribution in [-0.4, -0.2) is 130 Å². The van der Waals surface area contributed by atoms with E-state index in [-0.39, 0.29) is 63.5 Å². The van der Waals surface area contributed by atoms with Crippen molar-refractivity contribution in [2.24, 2.45) is 0 Å². The SMILES string of the molecule is [B-][P@]1(=O)OC[C@H]2O[C@@H](n3cnc4c(N)ncnc43)[C@H](F)[C@@H]2O[P@@](=O)(SCc2ccc(OC(=O)c3ccc(OCCn4nnc5c4-c4ccccc4CN(C(=O)CCC)c4ccccc4-5)cc3)cc2)OC[C@H]2O[C@@H](n3cnc4c(N)ncnc43)[C@H](F)[C@@H]2O1. The average molecular weight is 1240 g/mol.